The molecule has 1 aromatic rings. The minimum absolute atomic E-state index is 0.345. The molecule has 1 rings (SSSR count). The first-order valence-corrected chi connectivity index (χ1v) is 3.76. The Bertz CT molecular complexity index is 221. The fourth-order valence-electron chi connectivity index (χ4n) is 0.545. The smallest absolute Gasteiger partial charge is 0.220 e. The molecular formula is C8H15N3. The number of rotatable bonds is 0. The van der Waals surface area contributed by atoms with Crippen molar-refractivity contribution in [1.29, 1.82) is 0 Å². The van der Waals surface area contributed by atoms with Gasteiger partial charge in [0.05, 0.1) is 0 Å². The van der Waals surface area contributed by atoms with Crippen LogP contribution in [0.3, 0.4) is 0 Å². The molecule has 2 N–H and O–H groups in total. The highest BCUT2D eigenvalue weighted by atomic mass is 15.0. The Hall–Kier alpha value is -1.12. The molecule has 11 heavy (non-hydrogen) atoms. The summed E-state index contributed by atoms with van der Waals surface area (Å²) in [5.41, 5.74) is 7.33. The minimum Gasteiger partial charge on any atom is -0.368 e. The second-order valence-electron chi connectivity index (χ2n) is 2.00. The van der Waals surface area contributed by atoms with E-state index in [1.807, 2.05) is 27.7 Å². The van der Waals surface area contributed by atoms with Crippen LogP contribution in [0.1, 0.15) is 25.1 Å². The third kappa shape index (κ3) is 2.98. The summed E-state index contributed by atoms with van der Waals surface area (Å²) in [6.07, 6.45) is 1.72. The van der Waals surface area contributed by atoms with Crippen LogP contribution in [0.4, 0.5) is 5.95 Å². The van der Waals surface area contributed by atoms with Crippen LogP contribution in [0.2, 0.25) is 0 Å². The molecule has 0 radical (unpaired) electrons. The van der Waals surface area contributed by atoms with Gasteiger partial charge in [-0.15, -0.1) is 0 Å². The van der Waals surface area contributed by atoms with E-state index in [9.17, 15) is 0 Å². The Morgan fingerprint density at radius 3 is 2.18 bits per heavy atom. The van der Waals surface area contributed by atoms with Gasteiger partial charge >= 0.3 is 0 Å². The summed E-state index contributed by atoms with van der Waals surface area (Å²) in [5, 5.41) is 0. The Balaban J connectivity index is 0.000000461. The lowest BCUT2D eigenvalue weighted by Gasteiger charge is -1.96. The van der Waals surface area contributed by atoms with Crippen molar-refractivity contribution in [3.05, 3.63) is 17.5 Å². The van der Waals surface area contributed by atoms with Gasteiger partial charge in [-0.05, 0) is 19.4 Å². The quantitative estimate of drug-likeness (QED) is 0.617. The van der Waals surface area contributed by atoms with Crippen molar-refractivity contribution in [2.75, 3.05) is 5.73 Å². The fraction of sp³-hybridized carbons (Fsp3) is 0.500. The normalized spacial score (nSPS) is 8.36. The summed E-state index contributed by atoms with van der Waals surface area (Å²) >= 11 is 0. The van der Waals surface area contributed by atoms with Gasteiger partial charge in [0.1, 0.15) is 0 Å². The molecule has 3 heteroatoms. The molecule has 1 heterocycles. The number of hydrogen-bond donors (Lipinski definition) is 1. The number of aromatic nitrogens is 2. The summed E-state index contributed by atoms with van der Waals surface area (Å²) in [5.74, 6) is 0.345. The monoisotopic (exact) mass is 153 g/mol. The molecule has 0 saturated carbocycles. The van der Waals surface area contributed by atoms with Crippen LogP contribution >= 0.6 is 0 Å². The number of nitrogens with two attached hydrogens (primary N) is 1. The predicted molar refractivity (Wildman–Crippen MR) is 47.3 cm³/mol. The highest BCUT2D eigenvalue weighted by Gasteiger charge is 1.92. The molecule has 0 atom stereocenters. The Morgan fingerprint density at radius 1 is 1.27 bits per heavy atom. The molecule has 0 aromatic carbocycles. The Morgan fingerprint density at radius 2 is 1.82 bits per heavy atom. The van der Waals surface area contributed by atoms with Gasteiger partial charge in [-0.1, -0.05) is 13.8 Å². The van der Waals surface area contributed by atoms with Gasteiger partial charge in [0.25, 0.3) is 0 Å². The minimum atomic E-state index is 0.345. The van der Waals surface area contributed by atoms with Crippen molar-refractivity contribution in [3.63, 3.8) is 0 Å². The largest absolute Gasteiger partial charge is 0.368 e. The molecule has 0 saturated heterocycles. The summed E-state index contributed by atoms with van der Waals surface area (Å²) < 4.78 is 0. The second kappa shape index (κ2) is 4.66. The number of hydrogen-bond acceptors (Lipinski definition) is 3. The van der Waals surface area contributed by atoms with Gasteiger partial charge in [-0.3, -0.25) is 0 Å². The number of aryl methyl sites for hydroxylation is 2. The molecule has 0 amide bonds. The van der Waals surface area contributed by atoms with Crippen LogP contribution < -0.4 is 5.73 Å². The topological polar surface area (TPSA) is 51.8 Å². The summed E-state index contributed by atoms with van der Waals surface area (Å²) in [4.78, 5) is 7.75. The van der Waals surface area contributed by atoms with Crippen LogP contribution in [-0.4, -0.2) is 9.97 Å². The van der Waals surface area contributed by atoms with Gasteiger partial charge < -0.3 is 5.73 Å². The van der Waals surface area contributed by atoms with Crippen LogP contribution in [-0.2, 0) is 0 Å². The lowest BCUT2D eigenvalue weighted by Crippen LogP contribution is -1.97. The van der Waals surface area contributed by atoms with E-state index >= 15 is 0 Å². The van der Waals surface area contributed by atoms with Crippen molar-refractivity contribution >= 4 is 5.95 Å². The number of nitrogens with zero attached hydrogens (tertiary/aromatic N) is 2. The second-order valence-corrected chi connectivity index (χ2v) is 2.00. The molecule has 1 aromatic heterocycles. The molecule has 3 nitrogen and oxygen atoms in total. The van der Waals surface area contributed by atoms with E-state index in [-0.39, 0.29) is 0 Å². The van der Waals surface area contributed by atoms with Crippen molar-refractivity contribution in [1.82, 2.24) is 9.97 Å². The van der Waals surface area contributed by atoms with Gasteiger partial charge in [-0.25, -0.2) is 9.97 Å². The van der Waals surface area contributed by atoms with Crippen LogP contribution in [0, 0.1) is 13.8 Å². The number of anilines is 1. The first kappa shape index (κ1) is 9.88. The van der Waals surface area contributed by atoms with Gasteiger partial charge in [0, 0.05) is 11.9 Å². The molecule has 0 fully saturated rings. The van der Waals surface area contributed by atoms with Crippen molar-refractivity contribution in [2.45, 2.75) is 27.7 Å². The average Bonchev–Trinajstić information content (AvgIpc) is 2.02. The van der Waals surface area contributed by atoms with Crippen molar-refractivity contribution < 1.29 is 0 Å². The van der Waals surface area contributed by atoms with E-state index in [4.69, 9.17) is 5.73 Å². The Kier molecular flexibility index (Phi) is 4.18. The van der Waals surface area contributed by atoms with Crippen molar-refractivity contribution in [3.8, 4) is 0 Å². The van der Waals surface area contributed by atoms with Gasteiger partial charge in [-0.2, -0.15) is 0 Å². The first-order valence-electron chi connectivity index (χ1n) is 3.76. The molecule has 0 spiro atoms. The Labute approximate surface area is 67.7 Å². The lowest BCUT2D eigenvalue weighted by atomic mass is 10.3. The average molecular weight is 153 g/mol. The summed E-state index contributed by atoms with van der Waals surface area (Å²) in [6.45, 7) is 7.86. The molecular weight excluding hydrogens is 138 g/mol. The zero-order valence-corrected chi connectivity index (χ0v) is 7.55. The van der Waals surface area contributed by atoms with Crippen molar-refractivity contribution in [2.24, 2.45) is 0 Å². The SMILES string of the molecule is CC.Cc1cnc(N)nc1C. The maximum absolute atomic E-state index is 5.31. The van der Waals surface area contributed by atoms with Crippen LogP contribution in [0.5, 0.6) is 0 Å². The maximum Gasteiger partial charge on any atom is 0.220 e. The van der Waals surface area contributed by atoms with E-state index in [2.05, 4.69) is 9.97 Å². The van der Waals surface area contributed by atoms with Crippen LogP contribution in [0.25, 0.3) is 0 Å². The highest BCUT2D eigenvalue weighted by molar-refractivity contribution is 5.22. The third-order valence-corrected chi connectivity index (χ3v) is 1.24. The third-order valence-electron chi connectivity index (χ3n) is 1.24. The number of nitrogen functional groups attached to an aromatic ring is 1. The first-order chi connectivity index (χ1) is 5.20. The predicted octanol–water partition coefficient (Wildman–Crippen LogP) is 1.70. The molecule has 0 aliphatic heterocycles. The molecule has 0 aliphatic rings. The van der Waals surface area contributed by atoms with E-state index < -0.39 is 0 Å². The van der Waals surface area contributed by atoms with E-state index in [0.29, 0.717) is 5.95 Å². The van der Waals surface area contributed by atoms with E-state index in [0.717, 1.165) is 11.3 Å². The molecule has 0 aliphatic carbocycles. The van der Waals surface area contributed by atoms with Gasteiger partial charge in [0.15, 0.2) is 0 Å². The maximum atomic E-state index is 5.31. The molecule has 0 bridgehead atoms. The molecule has 0 unspecified atom stereocenters. The lowest BCUT2D eigenvalue weighted by molar-refractivity contribution is 1.08. The van der Waals surface area contributed by atoms with E-state index in [1.165, 1.54) is 0 Å². The fourth-order valence-corrected chi connectivity index (χ4v) is 0.545. The zero-order chi connectivity index (χ0) is 8.85. The standard InChI is InChI=1S/C6H9N3.C2H6/c1-4-3-8-6(7)9-5(4)2;1-2/h3H,1-2H3,(H2,7,8,9);1-2H3. The van der Waals surface area contributed by atoms with E-state index in [1.54, 1.807) is 6.20 Å². The summed E-state index contributed by atoms with van der Waals surface area (Å²) in [6, 6.07) is 0. The van der Waals surface area contributed by atoms with Gasteiger partial charge in [0.2, 0.25) is 5.95 Å². The summed E-state index contributed by atoms with van der Waals surface area (Å²) in [7, 11) is 0. The molecule has 62 valence electrons. The zero-order valence-electron chi connectivity index (χ0n) is 7.55. The van der Waals surface area contributed by atoms with Crippen LogP contribution in [0.15, 0.2) is 6.20 Å². The highest BCUT2D eigenvalue weighted by Crippen LogP contribution is 2.00.